The Morgan fingerprint density at radius 2 is 1.71 bits per heavy atom. The SMILES string of the molecule is CC(=O)N[C@H]1CC[C@H](N(C)c2cc(-c3ccc(CN4CCOCC4)cc3)cc(C(=O)NCC3C(=O)NC(C)CC3C)c2C)CC1. The van der Waals surface area contributed by atoms with E-state index in [1.807, 2.05) is 19.9 Å². The van der Waals surface area contributed by atoms with Crippen LogP contribution < -0.4 is 20.9 Å². The Kier molecular flexibility index (Phi) is 10.8. The molecule has 3 aliphatic rings. The van der Waals surface area contributed by atoms with Crippen LogP contribution in [0.1, 0.15) is 74.4 Å². The van der Waals surface area contributed by atoms with E-state index in [0.29, 0.717) is 18.2 Å². The van der Waals surface area contributed by atoms with Crippen LogP contribution in [0.3, 0.4) is 0 Å². The monoisotopic (exact) mass is 617 g/mol. The van der Waals surface area contributed by atoms with Gasteiger partial charge in [-0.1, -0.05) is 31.2 Å². The van der Waals surface area contributed by atoms with Gasteiger partial charge >= 0.3 is 0 Å². The molecule has 244 valence electrons. The molecule has 2 saturated heterocycles. The summed E-state index contributed by atoms with van der Waals surface area (Å²) in [5, 5.41) is 9.23. The first-order valence-corrected chi connectivity index (χ1v) is 16.7. The van der Waals surface area contributed by atoms with Crippen molar-refractivity contribution in [1.82, 2.24) is 20.9 Å². The molecule has 3 atom stereocenters. The fourth-order valence-corrected chi connectivity index (χ4v) is 7.36. The summed E-state index contributed by atoms with van der Waals surface area (Å²) in [4.78, 5) is 42.9. The predicted molar refractivity (Wildman–Crippen MR) is 178 cm³/mol. The second kappa shape index (κ2) is 14.8. The van der Waals surface area contributed by atoms with Gasteiger partial charge in [0.2, 0.25) is 11.8 Å². The molecule has 0 aromatic heterocycles. The average molecular weight is 618 g/mol. The van der Waals surface area contributed by atoms with Crippen LogP contribution in [0.2, 0.25) is 0 Å². The van der Waals surface area contributed by atoms with Crippen LogP contribution in [0.15, 0.2) is 36.4 Å². The first kappa shape index (κ1) is 32.9. The van der Waals surface area contributed by atoms with Gasteiger partial charge in [-0.3, -0.25) is 19.3 Å². The first-order chi connectivity index (χ1) is 21.6. The number of nitrogens with one attached hydrogen (secondary N) is 3. The molecule has 3 amide bonds. The van der Waals surface area contributed by atoms with Crippen LogP contribution in [0.4, 0.5) is 5.69 Å². The zero-order chi connectivity index (χ0) is 32.1. The smallest absolute Gasteiger partial charge is 0.251 e. The Hall–Kier alpha value is -3.43. The molecule has 9 heteroatoms. The molecule has 0 bridgehead atoms. The normalized spacial score (nSPS) is 25.7. The Morgan fingerprint density at radius 3 is 2.36 bits per heavy atom. The average Bonchev–Trinajstić information content (AvgIpc) is 3.01. The van der Waals surface area contributed by atoms with Crippen molar-refractivity contribution in [3.05, 3.63) is 53.1 Å². The maximum atomic E-state index is 13.8. The number of ether oxygens (including phenoxy) is 1. The molecule has 3 fully saturated rings. The molecule has 2 aromatic carbocycles. The van der Waals surface area contributed by atoms with Crippen molar-refractivity contribution in [3.63, 3.8) is 0 Å². The van der Waals surface area contributed by atoms with Gasteiger partial charge in [-0.05, 0) is 86.3 Å². The summed E-state index contributed by atoms with van der Waals surface area (Å²) in [6.45, 7) is 12.4. The van der Waals surface area contributed by atoms with E-state index in [0.717, 1.165) is 87.3 Å². The highest BCUT2D eigenvalue weighted by atomic mass is 16.5. The van der Waals surface area contributed by atoms with Crippen molar-refractivity contribution < 1.29 is 19.1 Å². The third kappa shape index (κ3) is 8.24. The number of anilines is 1. The largest absolute Gasteiger partial charge is 0.379 e. The highest BCUT2D eigenvalue weighted by Crippen LogP contribution is 2.35. The van der Waals surface area contributed by atoms with Crippen LogP contribution in [0.5, 0.6) is 0 Å². The molecule has 2 aliphatic heterocycles. The Morgan fingerprint density at radius 1 is 1.02 bits per heavy atom. The molecule has 2 heterocycles. The zero-order valence-corrected chi connectivity index (χ0v) is 27.7. The molecular weight excluding hydrogens is 566 g/mol. The number of amides is 3. The number of carbonyl (C=O) groups is 3. The van der Waals surface area contributed by atoms with Gasteiger partial charge in [-0.25, -0.2) is 0 Å². The van der Waals surface area contributed by atoms with Crippen molar-refractivity contribution >= 4 is 23.4 Å². The van der Waals surface area contributed by atoms with Crippen molar-refractivity contribution in [2.75, 3.05) is 44.8 Å². The van der Waals surface area contributed by atoms with E-state index in [2.05, 4.69) is 70.1 Å². The number of piperidine rings is 1. The first-order valence-electron chi connectivity index (χ1n) is 16.7. The van der Waals surface area contributed by atoms with E-state index in [-0.39, 0.29) is 41.6 Å². The number of rotatable bonds is 9. The standard InChI is InChI=1S/C36H51N5O4/c1-23-18-24(2)38-36(44)33(23)21-37-35(43)32-19-29(28-8-6-27(7-9-28)22-41-14-16-45-17-15-41)20-34(25(32)3)40(5)31-12-10-30(11-13-31)39-26(4)42/h6-9,19-20,23-24,30-31,33H,10-18,21-22H2,1-5H3,(H,37,43)(H,38,44)(H,39,42)/t23?,24?,30-,31-,33?. The number of benzene rings is 2. The van der Waals surface area contributed by atoms with E-state index < -0.39 is 0 Å². The molecule has 3 N–H and O–H groups in total. The number of hydrogen-bond donors (Lipinski definition) is 3. The van der Waals surface area contributed by atoms with E-state index in [4.69, 9.17) is 4.74 Å². The van der Waals surface area contributed by atoms with Crippen LogP contribution >= 0.6 is 0 Å². The molecular formula is C36H51N5O4. The lowest BCUT2D eigenvalue weighted by molar-refractivity contribution is -0.129. The van der Waals surface area contributed by atoms with Gasteiger partial charge in [0.15, 0.2) is 0 Å². The molecule has 1 saturated carbocycles. The van der Waals surface area contributed by atoms with Gasteiger partial charge in [0.1, 0.15) is 0 Å². The molecule has 9 nitrogen and oxygen atoms in total. The number of morpholine rings is 1. The molecule has 3 unspecified atom stereocenters. The van der Waals surface area contributed by atoms with Crippen molar-refractivity contribution in [3.8, 4) is 11.1 Å². The summed E-state index contributed by atoms with van der Waals surface area (Å²) in [6, 6.07) is 13.6. The van der Waals surface area contributed by atoms with Gasteiger partial charge in [-0.2, -0.15) is 0 Å². The fourth-order valence-electron chi connectivity index (χ4n) is 7.36. The summed E-state index contributed by atoms with van der Waals surface area (Å²) in [5.41, 5.74) is 5.92. The van der Waals surface area contributed by atoms with E-state index in [1.54, 1.807) is 6.92 Å². The molecule has 5 rings (SSSR count). The fraction of sp³-hybridized carbons (Fsp3) is 0.583. The van der Waals surface area contributed by atoms with Crippen molar-refractivity contribution in [1.29, 1.82) is 0 Å². The minimum Gasteiger partial charge on any atom is -0.379 e. The van der Waals surface area contributed by atoms with Gasteiger partial charge in [0, 0.05) is 69.5 Å². The van der Waals surface area contributed by atoms with Crippen LogP contribution in [-0.4, -0.2) is 80.6 Å². The summed E-state index contributed by atoms with van der Waals surface area (Å²) in [5.74, 6) is -0.155. The van der Waals surface area contributed by atoms with Gasteiger partial charge in [-0.15, -0.1) is 0 Å². The van der Waals surface area contributed by atoms with Gasteiger partial charge in [0.25, 0.3) is 5.91 Å². The predicted octanol–water partition coefficient (Wildman–Crippen LogP) is 4.27. The maximum absolute atomic E-state index is 13.8. The van der Waals surface area contributed by atoms with E-state index in [9.17, 15) is 14.4 Å². The minimum absolute atomic E-state index is 0.0134. The molecule has 45 heavy (non-hydrogen) atoms. The Balaban J connectivity index is 1.39. The summed E-state index contributed by atoms with van der Waals surface area (Å²) < 4.78 is 5.50. The zero-order valence-electron chi connectivity index (χ0n) is 27.7. The summed E-state index contributed by atoms with van der Waals surface area (Å²) >= 11 is 0. The Bertz CT molecular complexity index is 1350. The van der Waals surface area contributed by atoms with Crippen molar-refractivity contribution in [2.45, 2.75) is 84.5 Å². The highest BCUT2D eigenvalue weighted by molar-refractivity contribution is 5.99. The van der Waals surface area contributed by atoms with Crippen LogP contribution in [0.25, 0.3) is 11.1 Å². The van der Waals surface area contributed by atoms with E-state index in [1.165, 1.54) is 5.56 Å². The molecule has 1 aliphatic carbocycles. The summed E-state index contributed by atoms with van der Waals surface area (Å²) in [6.07, 6.45) is 4.71. The molecule has 0 spiro atoms. The lowest BCUT2D eigenvalue weighted by Gasteiger charge is -2.37. The van der Waals surface area contributed by atoms with Crippen molar-refractivity contribution in [2.24, 2.45) is 11.8 Å². The lowest BCUT2D eigenvalue weighted by atomic mass is 9.84. The second-order valence-corrected chi connectivity index (χ2v) is 13.5. The van der Waals surface area contributed by atoms with E-state index >= 15 is 0 Å². The quantitative estimate of drug-likeness (QED) is 0.389. The minimum atomic E-state index is -0.242. The van der Waals surface area contributed by atoms with Crippen LogP contribution in [-0.2, 0) is 20.9 Å². The lowest BCUT2D eigenvalue weighted by Crippen LogP contribution is -2.50. The van der Waals surface area contributed by atoms with Gasteiger partial charge < -0.3 is 25.6 Å². The molecule has 2 aromatic rings. The number of hydrogen-bond acceptors (Lipinski definition) is 6. The number of nitrogens with zero attached hydrogens (tertiary/aromatic N) is 2. The van der Waals surface area contributed by atoms with Crippen LogP contribution in [0, 0.1) is 18.8 Å². The summed E-state index contributed by atoms with van der Waals surface area (Å²) in [7, 11) is 2.12. The maximum Gasteiger partial charge on any atom is 0.251 e. The third-order valence-corrected chi connectivity index (χ3v) is 10.1. The molecule has 0 radical (unpaired) electrons. The second-order valence-electron chi connectivity index (χ2n) is 13.5. The topological polar surface area (TPSA) is 103 Å². The Labute approximate surface area is 268 Å². The highest BCUT2D eigenvalue weighted by Gasteiger charge is 2.33. The third-order valence-electron chi connectivity index (χ3n) is 10.1. The van der Waals surface area contributed by atoms with Gasteiger partial charge in [0.05, 0.1) is 19.1 Å². The number of carbonyl (C=O) groups excluding carboxylic acids is 3.